The van der Waals surface area contributed by atoms with E-state index < -0.39 is 15.6 Å². The molecule has 184 valence electrons. The summed E-state index contributed by atoms with van der Waals surface area (Å²) in [5.41, 5.74) is 2.47. The molecule has 8 heteroatoms. The van der Waals surface area contributed by atoms with Crippen molar-refractivity contribution in [2.75, 3.05) is 13.1 Å². The van der Waals surface area contributed by atoms with Crippen LogP contribution in [0.2, 0.25) is 0 Å². The fraction of sp³-hybridized carbons (Fsp3) is 0.407. The molecule has 3 aliphatic rings. The summed E-state index contributed by atoms with van der Waals surface area (Å²) < 4.78 is 28.9. The first-order chi connectivity index (χ1) is 16.8. The maximum absolute atomic E-state index is 13.6. The molecule has 2 aromatic carbocycles. The molecule has 1 saturated carbocycles. The van der Waals surface area contributed by atoms with Gasteiger partial charge < -0.3 is 10.2 Å². The standard InChI is InChI=1S/C27H31N3O4S/c1-2-25(31)28-23-13-17-30(27(18-23)14-5-15-27)35(33,34)24-10-8-21(9-11-24)26(32)29-16-12-20-6-3-4-7-22(20)19-29/h2-4,6-11,23H,1,5,12-19H2,(H,28,31). The second-order valence-corrected chi connectivity index (χ2v) is 11.7. The Balaban J connectivity index is 1.31. The predicted octanol–water partition coefficient (Wildman–Crippen LogP) is 3.26. The molecule has 1 unspecified atom stereocenters. The van der Waals surface area contributed by atoms with E-state index in [0.717, 1.165) is 31.2 Å². The molecular weight excluding hydrogens is 462 g/mol. The van der Waals surface area contributed by atoms with Gasteiger partial charge in [-0.3, -0.25) is 9.59 Å². The van der Waals surface area contributed by atoms with Gasteiger partial charge in [0.25, 0.3) is 5.91 Å². The Kier molecular flexibility index (Phi) is 6.27. The lowest BCUT2D eigenvalue weighted by molar-refractivity contribution is -0.117. The summed E-state index contributed by atoms with van der Waals surface area (Å²) >= 11 is 0. The molecule has 5 rings (SSSR count). The van der Waals surface area contributed by atoms with E-state index in [0.29, 0.717) is 38.0 Å². The van der Waals surface area contributed by atoms with Crippen molar-refractivity contribution in [2.24, 2.45) is 0 Å². The summed E-state index contributed by atoms with van der Waals surface area (Å²) in [4.78, 5) is 26.9. The van der Waals surface area contributed by atoms with Crippen molar-refractivity contribution in [1.82, 2.24) is 14.5 Å². The SMILES string of the molecule is C=CC(=O)NC1CCN(S(=O)(=O)c2ccc(C(=O)N3CCc4ccccc4C3)cc2)C2(CCC2)C1. The zero-order valence-electron chi connectivity index (χ0n) is 19.8. The number of carbonyl (C=O) groups is 2. The first-order valence-corrected chi connectivity index (χ1v) is 13.7. The molecule has 1 aliphatic carbocycles. The lowest BCUT2D eigenvalue weighted by atomic mass is 9.70. The van der Waals surface area contributed by atoms with E-state index in [-0.39, 0.29) is 22.8 Å². The molecular formula is C27H31N3O4S. The Labute approximate surface area is 206 Å². The van der Waals surface area contributed by atoms with E-state index in [1.165, 1.54) is 11.6 Å². The van der Waals surface area contributed by atoms with Gasteiger partial charge >= 0.3 is 0 Å². The molecule has 1 N–H and O–H groups in total. The highest BCUT2D eigenvalue weighted by Gasteiger charge is 2.51. The lowest BCUT2D eigenvalue weighted by Crippen LogP contribution is -2.63. The highest BCUT2D eigenvalue weighted by Crippen LogP contribution is 2.47. The number of sulfonamides is 1. The highest BCUT2D eigenvalue weighted by molar-refractivity contribution is 7.89. The molecule has 2 amide bonds. The van der Waals surface area contributed by atoms with Gasteiger partial charge in [0, 0.05) is 36.8 Å². The maximum atomic E-state index is 13.6. The molecule has 2 aliphatic heterocycles. The van der Waals surface area contributed by atoms with E-state index in [1.807, 2.05) is 23.1 Å². The van der Waals surface area contributed by atoms with Crippen LogP contribution in [0.25, 0.3) is 0 Å². The van der Waals surface area contributed by atoms with Crippen LogP contribution in [0, 0.1) is 0 Å². The number of hydrogen-bond donors (Lipinski definition) is 1. The largest absolute Gasteiger partial charge is 0.350 e. The van der Waals surface area contributed by atoms with Crippen LogP contribution >= 0.6 is 0 Å². The van der Waals surface area contributed by atoms with Gasteiger partial charge in [-0.2, -0.15) is 4.31 Å². The molecule has 0 aromatic heterocycles. The van der Waals surface area contributed by atoms with Crippen molar-refractivity contribution in [3.05, 3.63) is 77.9 Å². The fourth-order valence-electron chi connectivity index (χ4n) is 5.72. The Morgan fingerprint density at radius 2 is 1.74 bits per heavy atom. The zero-order chi connectivity index (χ0) is 24.6. The molecule has 1 spiro atoms. The van der Waals surface area contributed by atoms with Gasteiger partial charge in [-0.1, -0.05) is 30.8 Å². The third-order valence-corrected chi connectivity index (χ3v) is 9.78. The molecule has 7 nitrogen and oxygen atoms in total. The van der Waals surface area contributed by atoms with E-state index in [4.69, 9.17) is 0 Å². The van der Waals surface area contributed by atoms with Gasteiger partial charge in [0.05, 0.1) is 4.90 Å². The van der Waals surface area contributed by atoms with Gasteiger partial charge in [-0.25, -0.2) is 8.42 Å². The van der Waals surface area contributed by atoms with Gasteiger partial charge in [0.2, 0.25) is 15.9 Å². The van der Waals surface area contributed by atoms with Crippen LogP contribution in [0.5, 0.6) is 0 Å². The topological polar surface area (TPSA) is 86.8 Å². The number of nitrogens with one attached hydrogen (secondary N) is 1. The number of piperidine rings is 1. The van der Waals surface area contributed by atoms with Crippen molar-refractivity contribution < 1.29 is 18.0 Å². The zero-order valence-corrected chi connectivity index (χ0v) is 20.6. The summed E-state index contributed by atoms with van der Waals surface area (Å²) in [6.07, 6.45) is 5.80. The molecule has 1 atom stereocenters. The number of carbonyl (C=O) groups excluding carboxylic acids is 2. The maximum Gasteiger partial charge on any atom is 0.254 e. The quantitative estimate of drug-likeness (QED) is 0.648. The minimum Gasteiger partial charge on any atom is -0.350 e. The summed E-state index contributed by atoms with van der Waals surface area (Å²) in [7, 11) is -3.72. The first kappa shape index (κ1) is 23.8. The Morgan fingerprint density at radius 3 is 2.40 bits per heavy atom. The Morgan fingerprint density at radius 1 is 1.03 bits per heavy atom. The van der Waals surface area contributed by atoms with Crippen molar-refractivity contribution in [2.45, 2.75) is 61.5 Å². The predicted molar refractivity (Wildman–Crippen MR) is 133 cm³/mol. The number of fused-ring (bicyclic) bond motifs is 1. The average Bonchev–Trinajstić information content (AvgIpc) is 2.86. The van der Waals surface area contributed by atoms with Crippen LogP contribution in [0.3, 0.4) is 0 Å². The van der Waals surface area contributed by atoms with Crippen LogP contribution in [-0.4, -0.2) is 54.1 Å². The third kappa shape index (κ3) is 4.41. The fourth-order valence-corrected chi connectivity index (χ4v) is 7.57. The molecule has 2 heterocycles. The van der Waals surface area contributed by atoms with Crippen LogP contribution in [0.15, 0.2) is 66.1 Å². The normalized spacial score (nSPS) is 21.6. The first-order valence-electron chi connectivity index (χ1n) is 12.2. The Bertz CT molecular complexity index is 1250. The van der Waals surface area contributed by atoms with Gasteiger partial charge in [-0.15, -0.1) is 0 Å². The second kappa shape index (κ2) is 9.24. The van der Waals surface area contributed by atoms with Crippen molar-refractivity contribution in [3.63, 3.8) is 0 Å². The van der Waals surface area contributed by atoms with Gasteiger partial charge in [0.15, 0.2) is 0 Å². The summed E-state index contributed by atoms with van der Waals surface area (Å²) in [6, 6.07) is 14.5. The minimum absolute atomic E-state index is 0.0538. The van der Waals surface area contributed by atoms with Crippen molar-refractivity contribution in [3.8, 4) is 0 Å². The van der Waals surface area contributed by atoms with E-state index in [1.54, 1.807) is 28.6 Å². The summed E-state index contributed by atoms with van der Waals surface area (Å²) in [6.45, 7) is 5.08. The Hall–Kier alpha value is -2.97. The molecule has 35 heavy (non-hydrogen) atoms. The summed E-state index contributed by atoms with van der Waals surface area (Å²) in [5.74, 6) is -0.309. The molecule has 0 radical (unpaired) electrons. The number of benzene rings is 2. The van der Waals surface area contributed by atoms with Crippen LogP contribution in [0.4, 0.5) is 0 Å². The van der Waals surface area contributed by atoms with Crippen molar-refractivity contribution in [1.29, 1.82) is 0 Å². The minimum atomic E-state index is -3.72. The number of hydrogen-bond acceptors (Lipinski definition) is 4. The van der Waals surface area contributed by atoms with Crippen LogP contribution in [0.1, 0.15) is 53.6 Å². The molecule has 1 saturated heterocycles. The van der Waals surface area contributed by atoms with E-state index in [9.17, 15) is 18.0 Å². The summed E-state index contributed by atoms with van der Waals surface area (Å²) in [5, 5.41) is 2.94. The van der Waals surface area contributed by atoms with Crippen molar-refractivity contribution >= 4 is 21.8 Å². The van der Waals surface area contributed by atoms with E-state index >= 15 is 0 Å². The third-order valence-electron chi connectivity index (χ3n) is 7.76. The second-order valence-electron chi connectivity index (χ2n) is 9.83. The van der Waals surface area contributed by atoms with Gasteiger partial charge in [-0.05, 0) is 80.0 Å². The number of amides is 2. The lowest BCUT2D eigenvalue weighted by Gasteiger charge is -2.54. The molecule has 0 bridgehead atoms. The number of nitrogens with zero attached hydrogens (tertiary/aromatic N) is 2. The monoisotopic (exact) mass is 493 g/mol. The molecule has 2 fully saturated rings. The van der Waals surface area contributed by atoms with E-state index in [2.05, 4.69) is 18.0 Å². The highest BCUT2D eigenvalue weighted by atomic mass is 32.2. The van der Waals surface area contributed by atoms with Crippen LogP contribution < -0.4 is 5.32 Å². The van der Waals surface area contributed by atoms with Gasteiger partial charge in [0.1, 0.15) is 0 Å². The number of rotatable bonds is 5. The van der Waals surface area contributed by atoms with Crippen LogP contribution in [-0.2, 0) is 27.8 Å². The molecule has 2 aromatic rings. The smallest absolute Gasteiger partial charge is 0.254 e. The average molecular weight is 494 g/mol.